The van der Waals surface area contributed by atoms with E-state index in [1.807, 2.05) is 0 Å². The van der Waals surface area contributed by atoms with Crippen molar-refractivity contribution in [1.29, 1.82) is 0 Å². The molecule has 1 saturated heterocycles. The summed E-state index contributed by atoms with van der Waals surface area (Å²) in [5.41, 5.74) is 1.34. The molecule has 1 amide bonds. The van der Waals surface area contributed by atoms with Crippen molar-refractivity contribution in [2.75, 3.05) is 0 Å². The van der Waals surface area contributed by atoms with Gasteiger partial charge in [0, 0.05) is 10.6 Å². The molecule has 0 aromatic heterocycles. The lowest BCUT2D eigenvalue weighted by Gasteiger charge is -2.12. The SMILES string of the molecule is O=C1NC(=S)SC1=Cc1cc(Cl)cc(Cl)c1OCc1ccc(F)cc1. The Bertz CT molecular complexity index is 885. The fraction of sp³-hybridized carbons (Fsp3) is 0.0588. The fourth-order valence-corrected chi connectivity index (χ4v) is 3.74. The van der Waals surface area contributed by atoms with Crippen LogP contribution in [0.5, 0.6) is 5.75 Å². The first-order valence-corrected chi connectivity index (χ1v) is 9.01. The third-order valence-corrected chi connectivity index (χ3v) is 4.92. The predicted octanol–water partition coefficient (Wildman–Crippen LogP) is 5.20. The van der Waals surface area contributed by atoms with Crippen LogP contribution in [0.3, 0.4) is 0 Å². The van der Waals surface area contributed by atoms with Crippen LogP contribution in [-0.2, 0) is 11.4 Å². The van der Waals surface area contributed by atoms with Gasteiger partial charge in [-0.15, -0.1) is 0 Å². The number of hydrogen-bond donors (Lipinski definition) is 1. The van der Waals surface area contributed by atoms with E-state index in [0.29, 0.717) is 30.6 Å². The average molecular weight is 414 g/mol. The summed E-state index contributed by atoms with van der Waals surface area (Å²) in [5, 5.41) is 3.27. The highest BCUT2D eigenvalue weighted by molar-refractivity contribution is 8.26. The van der Waals surface area contributed by atoms with E-state index >= 15 is 0 Å². The lowest BCUT2D eigenvalue weighted by molar-refractivity contribution is -0.115. The van der Waals surface area contributed by atoms with Crippen molar-refractivity contribution in [3.05, 3.63) is 68.3 Å². The number of carbonyl (C=O) groups excluding carboxylic acids is 1. The molecule has 1 N–H and O–H groups in total. The zero-order valence-corrected chi connectivity index (χ0v) is 15.7. The van der Waals surface area contributed by atoms with Crippen LogP contribution in [0.2, 0.25) is 10.0 Å². The van der Waals surface area contributed by atoms with Crippen LogP contribution in [-0.4, -0.2) is 10.2 Å². The molecule has 0 bridgehead atoms. The highest BCUT2D eigenvalue weighted by Crippen LogP contribution is 2.36. The van der Waals surface area contributed by atoms with Crippen LogP contribution in [0.25, 0.3) is 6.08 Å². The molecule has 1 aliphatic rings. The van der Waals surface area contributed by atoms with Crippen LogP contribution in [0.1, 0.15) is 11.1 Å². The van der Waals surface area contributed by atoms with Gasteiger partial charge in [0.15, 0.2) is 0 Å². The van der Waals surface area contributed by atoms with E-state index in [-0.39, 0.29) is 18.3 Å². The largest absolute Gasteiger partial charge is 0.487 e. The van der Waals surface area contributed by atoms with Gasteiger partial charge in [-0.2, -0.15) is 0 Å². The monoisotopic (exact) mass is 413 g/mol. The second-order valence-corrected chi connectivity index (χ2v) is 7.64. The Morgan fingerprint density at radius 3 is 2.60 bits per heavy atom. The fourth-order valence-electron chi connectivity index (χ4n) is 2.14. The number of thiocarbonyl (C=S) groups is 1. The van der Waals surface area contributed by atoms with E-state index < -0.39 is 0 Å². The summed E-state index contributed by atoms with van der Waals surface area (Å²) in [4.78, 5) is 12.3. The molecule has 8 heteroatoms. The number of thioether (sulfide) groups is 1. The topological polar surface area (TPSA) is 38.3 Å². The summed E-state index contributed by atoms with van der Waals surface area (Å²) in [5.74, 6) is -0.219. The van der Waals surface area contributed by atoms with E-state index in [9.17, 15) is 9.18 Å². The minimum atomic E-state index is -0.320. The summed E-state index contributed by atoms with van der Waals surface area (Å²) in [7, 11) is 0. The number of amides is 1. The van der Waals surface area contributed by atoms with Crippen molar-refractivity contribution >= 4 is 63.5 Å². The molecule has 0 atom stereocenters. The number of hydrogen-bond acceptors (Lipinski definition) is 4. The van der Waals surface area contributed by atoms with Crippen molar-refractivity contribution in [3.63, 3.8) is 0 Å². The normalized spacial score (nSPS) is 15.6. The zero-order valence-electron chi connectivity index (χ0n) is 12.5. The Labute approximate surface area is 163 Å². The molecule has 2 aromatic rings. The van der Waals surface area contributed by atoms with Gasteiger partial charge in [-0.3, -0.25) is 4.79 Å². The van der Waals surface area contributed by atoms with Crippen LogP contribution in [0.4, 0.5) is 4.39 Å². The molecular formula is C17H10Cl2FNO2S2. The van der Waals surface area contributed by atoms with Gasteiger partial charge in [-0.05, 0) is 35.9 Å². The first-order chi connectivity index (χ1) is 11.9. The molecule has 3 rings (SSSR count). The molecule has 3 nitrogen and oxygen atoms in total. The van der Waals surface area contributed by atoms with Crippen molar-refractivity contribution in [2.45, 2.75) is 6.61 Å². The van der Waals surface area contributed by atoms with Gasteiger partial charge in [0.2, 0.25) is 0 Å². The number of benzene rings is 2. The van der Waals surface area contributed by atoms with Gasteiger partial charge in [0.25, 0.3) is 5.91 Å². The molecule has 128 valence electrons. The third kappa shape index (κ3) is 4.52. The molecule has 1 fully saturated rings. The molecule has 25 heavy (non-hydrogen) atoms. The number of halogens is 3. The average Bonchev–Trinajstić information content (AvgIpc) is 2.85. The van der Waals surface area contributed by atoms with Crippen molar-refractivity contribution < 1.29 is 13.9 Å². The van der Waals surface area contributed by atoms with E-state index in [0.717, 1.165) is 17.3 Å². The van der Waals surface area contributed by atoms with Gasteiger partial charge in [0.05, 0.1) is 9.93 Å². The number of nitrogens with one attached hydrogen (secondary N) is 1. The highest BCUT2D eigenvalue weighted by Gasteiger charge is 2.23. The second kappa shape index (κ2) is 7.74. The summed E-state index contributed by atoms with van der Waals surface area (Å²) in [6.07, 6.45) is 1.62. The molecule has 0 aliphatic carbocycles. The van der Waals surface area contributed by atoms with E-state index in [2.05, 4.69) is 5.32 Å². The summed E-state index contributed by atoms with van der Waals surface area (Å²) in [6, 6.07) is 9.15. The van der Waals surface area contributed by atoms with Gasteiger partial charge in [-0.1, -0.05) is 59.3 Å². The second-order valence-electron chi connectivity index (χ2n) is 5.07. The van der Waals surface area contributed by atoms with E-state index in [1.165, 1.54) is 12.1 Å². The predicted molar refractivity (Wildman–Crippen MR) is 104 cm³/mol. The minimum Gasteiger partial charge on any atom is -0.487 e. The first kappa shape index (κ1) is 18.2. The Balaban J connectivity index is 1.90. The Morgan fingerprint density at radius 1 is 1.24 bits per heavy atom. The van der Waals surface area contributed by atoms with Crippen LogP contribution < -0.4 is 10.1 Å². The maximum Gasteiger partial charge on any atom is 0.263 e. The van der Waals surface area contributed by atoms with Crippen molar-refractivity contribution in [3.8, 4) is 5.75 Å². The number of ether oxygens (including phenoxy) is 1. The lowest BCUT2D eigenvalue weighted by Crippen LogP contribution is -2.17. The van der Waals surface area contributed by atoms with Gasteiger partial charge < -0.3 is 10.1 Å². The van der Waals surface area contributed by atoms with Gasteiger partial charge in [-0.25, -0.2) is 4.39 Å². The molecule has 0 spiro atoms. The molecule has 0 unspecified atom stereocenters. The Hall–Kier alpha value is -1.60. The van der Waals surface area contributed by atoms with Crippen LogP contribution in [0, 0.1) is 5.82 Å². The molecule has 1 aliphatic heterocycles. The highest BCUT2D eigenvalue weighted by atomic mass is 35.5. The first-order valence-electron chi connectivity index (χ1n) is 7.03. The summed E-state index contributed by atoms with van der Waals surface area (Å²) >= 11 is 18.4. The molecular weight excluding hydrogens is 404 g/mol. The minimum absolute atomic E-state index is 0.190. The standard InChI is InChI=1S/C17H10Cl2FNO2S2/c18-11-5-10(6-14-16(22)21-17(24)25-14)15(13(19)7-11)23-8-9-1-3-12(20)4-2-9/h1-7H,8H2,(H,21,22,24). The lowest BCUT2D eigenvalue weighted by atomic mass is 10.1. The Morgan fingerprint density at radius 2 is 1.96 bits per heavy atom. The molecule has 1 heterocycles. The summed E-state index contributed by atoms with van der Waals surface area (Å²) < 4.78 is 19.2. The molecule has 2 aromatic carbocycles. The van der Waals surface area contributed by atoms with E-state index in [1.54, 1.807) is 30.3 Å². The maximum atomic E-state index is 13.0. The van der Waals surface area contributed by atoms with E-state index in [4.69, 9.17) is 40.2 Å². The third-order valence-electron chi connectivity index (χ3n) is 3.26. The summed E-state index contributed by atoms with van der Waals surface area (Å²) in [6.45, 7) is 0.190. The number of rotatable bonds is 4. The van der Waals surface area contributed by atoms with Gasteiger partial charge in [0.1, 0.15) is 22.5 Å². The van der Waals surface area contributed by atoms with Crippen LogP contribution >= 0.6 is 47.2 Å². The van der Waals surface area contributed by atoms with Crippen LogP contribution in [0.15, 0.2) is 41.3 Å². The van der Waals surface area contributed by atoms with Crippen molar-refractivity contribution in [2.24, 2.45) is 0 Å². The molecule has 0 radical (unpaired) electrons. The Kier molecular flexibility index (Phi) is 5.64. The molecule has 0 saturated carbocycles. The quantitative estimate of drug-likeness (QED) is 0.551. The maximum absolute atomic E-state index is 13.0. The zero-order chi connectivity index (χ0) is 18.0. The smallest absolute Gasteiger partial charge is 0.263 e. The van der Waals surface area contributed by atoms with Crippen molar-refractivity contribution in [1.82, 2.24) is 5.32 Å². The van der Waals surface area contributed by atoms with Gasteiger partial charge >= 0.3 is 0 Å². The number of carbonyl (C=O) groups is 1.